The van der Waals surface area contributed by atoms with Gasteiger partial charge in [0.1, 0.15) is 0 Å². The fraction of sp³-hybridized carbons (Fsp3) is 0. The standard InChI is InChI=1S/C9H7N3O3/c13-9(14)15-8-10-7(11-12-8)6-4-2-1-3-5-6/h1-5H,(H,13,14)(H,10,11,12). The molecule has 0 fully saturated rings. The highest BCUT2D eigenvalue weighted by Crippen LogP contribution is 2.15. The summed E-state index contributed by atoms with van der Waals surface area (Å²) in [5.74, 6) is 0.465. The number of nitrogens with zero attached hydrogens (tertiary/aromatic N) is 2. The van der Waals surface area contributed by atoms with E-state index < -0.39 is 6.16 Å². The van der Waals surface area contributed by atoms with E-state index in [2.05, 4.69) is 19.9 Å². The van der Waals surface area contributed by atoms with Crippen LogP contribution in [0.2, 0.25) is 0 Å². The molecule has 1 heterocycles. The molecule has 15 heavy (non-hydrogen) atoms. The Labute approximate surface area is 84.5 Å². The van der Waals surface area contributed by atoms with Gasteiger partial charge in [0.15, 0.2) is 5.82 Å². The van der Waals surface area contributed by atoms with Crippen molar-refractivity contribution >= 4 is 6.16 Å². The van der Waals surface area contributed by atoms with Crippen molar-refractivity contribution in [1.29, 1.82) is 0 Å². The van der Waals surface area contributed by atoms with E-state index in [-0.39, 0.29) is 6.01 Å². The van der Waals surface area contributed by atoms with E-state index in [4.69, 9.17) is 5.11 Å². The second-order valence-corrected chi connectivity index (χ2v) is 2.70. The number of ether oxygens (including phenoxy) is 1. The normalized spacial score (nSPS) is 9.87. The van der Waals surface area contributed by atoms with Gasteiger partial charge in [-0.2, -0.15) is 4.98 Å². The van der Waals surface area contributed by atoms with Crippen LogP contribution in [0.15, 0.2) is 30.3 Å². The Morgan fingerprint density at radius 3 is 2.73 bits per heavy atom. The predicted octanol–water partition coefficient (Wildman–Crippen LogP) is 1.53. The highest BCUT2D eigenvalue weighted by atomic mass is 16.7. The molecule has 6 heteroatoms. The first-order chi connectivity index (χ1) is 7.25. The van der Waals surface area contributed by atoms with Crippen molar-refractivity contribution < 1.29 is 14.6 Å². The zero-order valence-electron chi connectivity index (χ0n) is 7.54. The minimum absolute atomic E-state index is 0.207. The summed E-state index contributed by atoms with van der Waals surface area (Å²) in [6, 6.07) is 9.00. The van der Waals surface area contributed by atoms with Gasteiger partial charge in [-0.1, -0.05) is 30.3 Å². The molecule has 2 rings (SSSR count). The molecule has 6 nitrogen and oxygen atoms in total. The van der Waals surface area contributed by atoms with E-state index in [0.717, 1.165) is 5.56 Å². The molecule has 0 saturated heterocycles. The maximum absolute atomic E-state index is 10.2. The molecule has 0 amide bonds. The van der Waals surface area contributed by atoms with Gasteiger partial charge in [0.2, 0.25) is 0 Å². The Bertz CT molecular complexity index is 466. The highest BCUT2D eigenvalue weighted by Gasteiger charge is 2.08. The Morgan fingerprint density at radius 2 is 2.07 bits per heavy atom. The topological polar surface area (TPSA) is 88.1 Å². The summed E-state index contributed by atoms with van der Waals surface area (Å²) in [6.45, 7) is 0. The maximum atomic E-state index is 10.2. The van der Waals surface area contributed by atoms with E-state index >= 15 is 0 Å². The van der Waals surface area contributed by atoms with Crippen molar-refractivity contribution in [3.05, 3.63) is 30.3 Å². The average molecular weight is 205 g/mol. The average Bonchev–Trinajstić information content (AvgIpc) is 2.67. The number of hydrogen-bond donors (Lipinski definition) is 2. The number of nitrogens with one attached hydrogen (secondary N) is 1. The Morgan fingerprint density at radius 1 is 1.33 bits per heavy atom. The molecule has 0 spiro atoms. The van der Waals surface area contributed by atoms with Crippen LogP contribution in [0.4, 0.5) is 4.79 Å². The monoisotopic (exact) mass is 205 g/mol. The van der Waals surface area contributed by atoms with Crippen LogP contribution in [0.3, 0.4) is 0 Å². The maximum Gasteiger partial charge on any atom is 0.513 e. The summed E-state index contributed by atoms with van der Waals surface area (Å²) in [7, 11) is 0. The number of carboxylic acid groups (broad SMARTS) is 1. The van der Waals surface area contributed by atoms with Crippen LogP contribution >= 0.6 is 0 Å². The lowest BCUT2D eigenvalue weighted by Crippen LogP contribution is -2.03. The van der Waals surface area contributed by atoms with Crippen molar-refractivity contribution in [2.45, 2.75) is 0 Å². The Balaban J connectivity index is 2.24. The summed E-state index contributed by atoms with van der Waals surface area (Å²) in [6.07, 6.45) is -1.44. The molecule has 0 aliphatic heterocycles. The van der Waals surface area contributed by atoms with Gasteiger partial charge in [-0.15, -0.1) is 5.10 Å². The van der Waals surface area contributed by atoms with Crippen LogP contribution in [0.1, 0.15) is 0 Å². The highest BCUT2D eigenvalue weighted by molar-refractivity contribution is 5.60. The summed E-state index contributed by atoms with van der Waals surface area (Å²) < 4.78 is 4.28. The molecule has 0 unspecified atom stereocenters. The van der Waals surface area contributed by atoms with Crippen molar-refractivity contribution in [2.24, 2.45) is 0 Å². The number of rotatable bonds is 2. The summed E-state index contributed by atoms with van der Waals surface area (Å²) in [5.41, 5.74) is 0.810. The first kappa shape index (κ1) is 9.20. The number of H-pyrrole nitrogens is 1. The third-order valence-corrected chi connectivity index (χ3v) is 1.69. The largest absolute Gasteiger partial charge is 0.513 e. The molecule has 1 aromatic carbocycles. The zero-order valence-corrected chi connectivity index (χ0v) is 7.54. The van der Waals surface area contributed by atoms with Crippen molar-refractivity contribution in [3.63, 3.8) is 0 Å². The molecular formula is C9H7N3O3. The van der Waals surface area contributed by atoms with Crippen molar-refractivity contribution in [1.82, 2.24) is 15.2 Å². The SMILES string of the molecule is O=C(O)Oc1n[nH]c(-c2ccccc2)n1. The first-order valence-electron chi connectivity index (χ1n) is 4.14. The third kappa shape index (κ3) is 2.11. The molecule has 2 aromatic rings. The Kier molecular flexibility index (Phi) is 2.32. The lowest BCUT2D eigenvalue weighted by molar-refractivity contribution is 0.140. The number of aromatic nitrogens is 3. The van der Waals surface area contributed by atoms with Gasteiger partial charge in [0.05, 0.1) is 0 Å². The van der Waals surface area contributed by atoms with Crippen LogP contribution in [-0.4, -0.2) is 26.4 Å². The molecule has 0 aliphatic carbocycles. The first-order valence-corrected chi connectivity index (χ1v) is 4.14. The van der Waals surface area contributed by atoms with Gasteiger partial charge >= 0.3 is 12.2 Å². The summed E-state index contributed by atoms with van der Waals surface area (Å²) in [4.78, 5) is 14.0. The lowest BCUT2D eigenvalue weighted by Gasteiger charge is -1.92. The number of carbonyl (C=O) groups is 1. The van der Waals surface area contributed by atoms with Gasteiger partial charge in [-0.25, -0.2) is 4.79 Å². The minimum atomic E-state index is -1.44. The van der Waals surface area contributed by atoms with Crippen LogP contribution in [0.25, 0.3) is 11.4 Å². The molecule has 0 bridgehead atoms. The van der Waals surface area contributed by atoms with Gasteiger partial charge < -0.3 is 9.84 Å². The second-order valence-electron chi connectivity index (χ2n) is 2.70. The van der Waals surface area contributed by atoms with Crippen molar-refractivity contribution in [2.75, 3.05) is 0 Å². The van der Waals surface area contributed by atoms with E-state index in [1.165, 1.54) is 0 Å². The minimum Gasteiger partial charge on any atom is -0.449 e. The van der Waals surface area contributed by atoms with Crippen molar-refractivity contribution in [3.8, 4) is 17.4 Å². The Hall–Kier alpha value is -2.37. The predicted molar refractivity (Wildman–Crippen MR) is 50.5 cm³/mol. The molecule has 0 saturated carbocycles. The van der Waals surface area contributed by atoms with Crippen LogP contribution < -0.4 is 4.74 Å². The number of hydrogen-bond acceptors (Lipinski definition) is 4. The molecule has 0 atom stereocenters. The summed E-state index contributed by atoms with van der Waals surface area (Å²) in [5, 5.41) is 14.5. The molecule has 2 N–H and O–H groups in total. The van der Waals surface area contributed by atoms with Gasteiger partial charge in [0, 0.05) is 5.56 Å². The van der Waals surface area contributed by atoms with E-state index in [1.54, 1.807) is 0 Å². The molecular weight excluding hydrogens is 198 g/mol. The van der Waals surface area contributed by atoms with Crippen LogP contribution in [0.5, 0.6) is 6.01 Å². The third-order valence-electron chi connectivity index (χ3n) is 1.69. The van der Waals surface area contributed by atoms with E-state index in [1.807, 2.05) is 30.3 Å². The smallest absolute Gasteiger partial charge is 0.449 e. The molecule has 0 radical (unpaired) electrons. The summed E-state index contributed by atoms with van der Waals surface area (Å²) >= 11 is 0. The molecule has 0 aliphatic rings. The fourth-order valence-corrected chi connectivity index (χ4v) is 1.10. The fourth-order valence-electron chi connectivity index (χ4n) is 1.10. The van der Waals surface area contributed by atoms with Crippen LogP contribution in [-0.2, 0) is 0 Å². The molecule has 76 valence electrons. The van der Waals surface area contributed by atoms with Gasteiger partial charge in [0.25, 0.3) is 0 Å². The van der Waals surface area contributed by atoms with Gasteiger partial charge in [-0.05, 0) is 0 Å². The van der Waals surface area contributed by atoms with E-state index in [9.17, 15) is 4.79 Å². The van der Waals surface area contributed by atoms with Crippen LogP contribution in [0, 0.1) is 0 Å². The number of benzene rings is 1. The lowest BCUT2D eigenvalue weighted by atomic mass is 10.2. The molecule has 1 aromatic heterocycles. The zero-order chi connectivity index (χ0) is 10.7. The van der Waals surface area contributed by atoms with E-state index in [0.29, 0.717) is 5.82 Å². The quantitative estimate of drug-likeness (QED) is 0.726. The number of aromatic amines is 1. The van der Waals surface area contributed by atoms with Gasteiger partial charge in [-0.3, -0.25) is 5.10 Å². The second kappa shape index (κ2) is 3.79.